The van der Waals surface area contributed by atoms with Gasteiger partial charge >= 0.3 is 0 Å². The molecular formula is C14H25N3. The monoisotopic (exact) mass is 235 g/mol. The van der Waals surface area contributed by atoms with Gasteiger partial charge in [-0.05, 0) is 51.5 Å². The van der Waals surface area contributed by atoms with Crippen LogP contribution in [-0.4, -0.2) is 30.1 Å². The molecule has 0 aromatic carbocycles. The van der Waals surface area contributed by atoms with Gasteiger partial charge < -0.3 is 10.6 Å². The molecular weight excluding hydrogens is 210 g/mol. The molecule has 0 bridgehead atoms. The summed E-state index contributed by atoms with van der Waals surface area (Å²) in [4.78, 5) is 2.52. The van der Waals surface area contributed by atoms with E-state index in [0.29, 0.717) is 6.04 Å². The van der Waals surface area contributed by atoms with Crippen molar-refractivity contribution in [3.05, 3.63) is 0 Å². The molecule has 0 aromatic heterocycles. The standard InChI is InChI=1S/C14H25N3/c1-17(10-12-4-2-3-5-12)13-6-8-14(16,11-15)9-7-13/h12-13H,2-10,16H2,1H3. The summed E-state index contributed by atoms with van der Waals surface area (Å²) in [5.41, 5.74) is 5.47. The van der Waals surface area contributed by atoms with E-state index in [4.69, 9.17) is 11.0 Å². The Morgan fingerprint density at radius 2 is 1.82 bits per heavy atom. The van der Waals surface area contributed by atoms with Crippen LogP contribution in [0.2, 0.25) is 0 Å². The Balaban J connectivity index is 1.78. The maximum absolute atomic E-state index is 9.02. The van der Waals surface area contributed by atoms with E-state index < -0.39 is 5.54 Å². The summed E-state index contributed by atoms with van der Waals surface area (Å²) >= 11 is 0. The van der Waals surface area contributed by atoms with Gasteiger partial charge in [-0.15, -0.1) is 0 Å². The van der Waals surface area contributed by atoms with E-state index >= 15 is 0 Å². The third-order valence-corrected chi connectivity index (χ3v) is 4.71. The average Bonchev–Trinajstić information content (AvgIpc) is 2.83. The zero-order valence-corrected chi connectivity index (χ0v) is 11.0. The van der Waals surface area contributed by atoms with Gasteiger partial charge in [0.05, 0.1) is 6.07 Å². The van der Waals surface area contributed by atoms with E-state index in [1.54, 1.807) is 0 Å². The van der Waals surface area contributed by atoms with Crippen LogP contribution in [0, 0.1) is 17.2 Å². The molecule has 17 heavy (non-hydrogen) atoms. The van der Waals surface area contributed by atoms with Crippen LogP contribution in [0.15, 0.2) is 0 Å². The molecule has 0 saturated heterocycles. The molecule has 0 aromatic rings. The van der Waals surface area contributed by atoms with Crippen LogP contribution in [0.25, 0.3) is 0 Å². The maximum Gasteiger partial charge on any atom is 0.104 e. The van der Waals surface area contributed by atoms with Crippen molar-refractivity contribution < 1.29 is 0 Å². The highest BCUT2D eigenvalue weighted by molar-refractivity contribution is 5.07. The lowest BCUT2D eigenvalue weighted by Gasteiger charge is -2.37. The van der Waals surface area contributed by atoms with Crippen LogP contribution >= 0.6 is 0 Å². The van der Waals surface area contributed by atoms with Crippen molar-refractivity contribution in [3.63, 3.8) is 0 Å². The number of nitriles is 1. The second-order valence-corrected chi connectivity index (χ2v) is 6.09. The SMILES string of the molecule is CN(CC1CCCC1)C1CCC(N)(C#N)CC1. The topological polar surface area (TPSA) is 53.0 Å². The molecule has 2 aliphatic carbocycles. The molecule has 3 nitrogen and oxygen atoms in total. The fourth-order valence-corrected chi connectivity index (χ4v) is 3.42. The van der Waals surface area contributed by atoms with Crippen LogP contribution in [0.1, 0.15) is 51.4 Å². The van der Waals surface area contributed by atoms with Crippen molar-refractivity contribution >= 4 is 0 Å². The predicted molar refractivity (Wildman–Crippen MR) is 69.4 cm³/mol. The molecule has 2 aliphatic rings. The molecule has 0 spiro atoms. The minimum Gasteiger partial charge on any atom is -0.313 e. The largest absolute Gasteiger partial charge is 0.313 e. The molecule has 0 heterocycles. The van der Waals surface area contributed by atoms with Gasteiger partial charge in [0.2, 0.25) is 0 Å². The van der Waals surface area contributed by atoms with Crippen LogP contribution in [0.3, 0.4) is 0 Å². The van der Waals surface area contributed by atoms with Crippen molar-refractivity contribution in [3.8, 4) is 6.07 Å². The first-order valence-electron chi connectivity index (χ1n) is 7.03. The smallest absolute Gasteiger partial charge is 0.104 e. The number of hydrogen-bond donors (Lipinski definition) is 1. The van der Waals surface area contributed by atoms with Crippen molar-refractivity contribution in [1.29, 1.82) is 5.26 Å². The van der Waals surface area contributed by atoms with Crippen LogP contribution < -0.4 is 5.73 Å². The molecule has 2 saturated carbocycles. The summed E-state index contributed by atoms with van der Waals surface area (Å²) in [6, 6.07) is 2.93. The van der Waals surface area contributed by atoms with E-state index in [9.17, 15) is 0 Å². The molecule has 2 rings (SSSR count). The van der Waals surface area contributed by atoms with Gasteiger partial charge in [0.25, 0.3) is 0 Å². The third kappa shape index (κ3) is 3.20. The molecule has 0 amide bonds. The summed E-state index contributed by atoms with van der Waals surface area (Å²) in [5.74, 6) is 0.917. The van der Waals surface area contributed by atoms with Gasteiger partial charge in [-0.2, -0.15) is 5.26 Å². The van der Waals surface area contributed by atoms with Gasteiger partial charge in [-0.1, -0.05) is 12.8 Å². The molecule has 0 unspecified atom stereocenters. The lowest BCUT2D eigenvalue weighted by atomic mass is 9.80. The Morgan fingerprint density at radius 3 is 2.35 bits per heavy atom. The van der Waals surface area contributed by atoms with Gasteiger partial charge in [-0.3, -0.25) is 0 Å². The highest BCUT2D eigenvalue weighted by Gasteiger charge is 2.33. The summed E-state index contributed by atoms with van der Waals surface area (Å²) in [6.45, 7) is 1.24. The normalized spacial score (nSPS) is 35.1. The van der Waals surface area contributed by atoms with E-state index in [0.717, 1.165) is 31.6 Å². The Bertz CT molecular complexity index is 280. The lowest BCUT2D eigenvalue weighted by Crippen LogP contribution is -2.47. The van der Waals surface area contributed by atoms with Crippen molar-refractivity contribution in [1.82, 2.24) is 4.90 Å². The molecule has 2 fully saturated rings. The molecule has 2 N–H and O–H groups in total. The van der Waals surface area contributed by atoms with Crippen LogP contribution in [-0.2, 0) is 0 Å². The maximum atomic E-state index is 9.02. The third-order valence-electron chi connectivity index (χ3n) is 4.71. The van der Waals surface area contributed by atoms with Crippen molar-refractivity contribution in [2.24, 2.45) is 11.7 Å². The van der Waals surface area contributed by atoms with Gasteiger partial charge in [-0.25, -0.2) is 0 Å². The van der Waals surface area contributed by atoms with Crippen LogP contribution in [0.5, 0.6) is 0 Å². The predicted octanol–water partition coefficient (Wildman–Crippen LogP) is 2.27. The number of nitrogens with zero attached hydrogens (tertiary/aromatic N) is 2. The van der Waals surface area contributed by atoms with E-state index in [2.05, 4.69) is 18.0 Å². The summed E-state index contributed by atoms with van der Waals surface area (Å²) < 4.78 is 0. The van der Waals surface area contributed by atoms with Crippen molar-refractivity contribution in [2.45, 2.75) is 62.9 Å². The molecule has 0 radical (unpaired) electrons. The van der Waals surface area contributed by atoms with E-state index in [1.807, 2.05) is 0 Å². The minimum absolute atomic E-state index is 0.537. The summed E-state index contributed by atoms with van der Waals surface area (Å²) in [7, 11) is 2.25. The van der Waals surface area contributed by atoms with E-state index in [-0.39, 0.29) is 0 Å². The Labute approximate surface area is 105 Å². The minimum atomic E-state index is -0.537. The second kappa shape index (κ2) is 5.37. The highest BCUT2D eigenvalue weighted by atomic mass is 15.1. The molecule has 3 heteroatoms. The average molecular weight is 235 g/mol. The van der Waals surface area contributed by atoms with E-state index in [1.165, 1.54) is 32.2 Å². The number of hydrogen-bond acceptors (Lipinski definition) is 3. The zero-order chi connectivity index (χ0) is 12.3. The molecule has 96 valence electrons. The fourth-order valence-electron chi connectivity index (χ4n) is 3.42. The van der Waals surface area contributed by atoms with Crippen molar-refractivity contribution in [2.75, 3.05) is 13.6 Å². The fraction of sp³-hybridized carbons (Fsp3) is 0.929. The quantitative estimate of drug-likeness (QED) is 0.816. The Hall–Kier alpha value is -0.590. The number of rotatable bonds is 3. The second-order valence-electron chi connectivity index (χ2n) is 6.09. The highest BCUT2D eigenvalue weighted by Crippen LogP contribution is 2.31. The molecule has 0 aliphatic heterocycles. The first kappa shape index (κ1) is 12.9. The molecule has 0 atom stereocenters. The first-order chi connectivity index (χ1) is 8.13. The Kier molecular flexibility index (Phi) is 4.06. The first-order valence-corrected chi connectivity index (χ1v) is 7.03. The number of nitrogens with two attached hydrogens (primary N) is 1. The van der Waals surface area contributed by atoms with Gasteiger partial charge in [0.15, 0.2) is 0 Å². The zero-order valence-electron chi connectivity index (χ0n) is 11.0. The van der Waals surface area contributed by atoms with Gasteiger partial charge in [0, 0.05) is 12.6 Å². The van der Waals surface area contributed by atoms with Gasteiger partial charge in [0.1, 0.15) is 5.54 Å². The van der Waals surface area contributed by atoms with Crippen LogP contribution in [0.4, 0.5) is 0 Å². The summed E-state index contributed by atoms with van der Waals surface area (Å²) in [6.07, 6.45) is 9.58. The lowest BCUT2D eigenvalue weighted by molar-refractivity contribution is 0.148. The Morgan fingerprint density at radius 1 is 1.24 bits per heavy atom. The summed E-state index contributed by atoms with van der Waals surface area (Å²) in [5, 5.41) is 9.02.